The molecule has 1 amide bonds. The molecule has 0 radical (unpaired) electrons. The number of carbonyl (C=O) groups is 1. The van der Waals surface area contributed by atoms with E-state index in [1.54, 1.807) is 0 Å². The Kier molecular flexibility index (Phi) is 4.77. The van der Waals surface area contributed by atoms with E-state index in [4.69, 9.17) is 4.74 Å². The summed E-state index contributed by atoms with van der Waals surface area (Å²) in [5.74, 6) is 0. The molecule has 0 aromatic heterocycles. The predicted octanol–water partition coefficient (Wildman–Crippen LogP) is 3.91. The van der Waals surface area contributed by atoms with E-state index in [1.807, 2.05) is 74.5 Å². The van der Waals surface area contributed by atoms with E-state index < -0.39 is 6.09 Å². The lowest BCUT2D eigenvalue weighted by Gasteiger charge is -2.20. The van der Waals surface area contributed by atoms with Crippen molar-refractivity contribution in [1.29, 1.82) is 0 Å². The van der Waals surface area contributed by atoms with E-state index in [0.29, 0.717) is 0 Å². The monoisotopic (exact) mass is 269 g/mol. The van der Waals surface area contributed by atoms with E-state index in [1.165, 1.54) is 0 Å². The van der Waals surface area contributed by atoms with Gasteiger partial charge in [0.1, 0.15) is 0 Å². The fraction of sp³-hybridized carbons (Fsp3) is 0.235. The quantitative estimate of drug-likeness (QED) is 0.913. The second-order valence-electron chi connectivity index (χ2n) is 4.85. The lowest BCUT2D eigenvalue weighted by atomic mass is 9.99. The minimum absolute atomic E-state index is 0.137. The summed E-state index contributed by atoms with van der Waals surface area (Å²) in [6.07, 6.45) is -0.542. The molecule has 1 N–H and O–H groups in total. The maximum Gasteiger partial charge on any atom is 0.408 e. The molecule has 0 unspecified atom stereocenters. The summed E-state index contributed by atoms with van der Waals surface area (Å²) in [7, 11) is 0. The van der Waals surface area contributed by atoms with Gasteiger partial charge < -0.3 is 10.1 Å². The van der Waals surface area contributed by atoms with Crippen molar-refractivity contribution < 1.29 is 9.53 Å². The smallest absolute Gasteiger partial charge is 0.408 e. The number of hydrogen-bond donors (Lipinski definition) is 1. The molecule has 0 aliphatic carbocycles. The second-order valence-corrected chi connectivity index (χ2v) is 4.85. The van der Waals surface area contributed by atoms with Gasteiger partial charge in [-0.3, -0.25) is 0 Å². The van der Waals surface area contributed by atoms with Gasteiger partial charge >= 0.3 is 6.09 Å². The Morgan fingerprint density at radius 3 is 1.75 bits per heavy atom. The highest BCUT2D eigenvalue weighted by Crippen LogP contribution is 2.21. The fourth-order valence-corrected chi connectivity index (χ4v) is 2.02. The van der Waals surface area contributed by atoms with Crippen molar-refractivity contribution in [2.45, 2.75) is 26.0 Å². The minimum Gasteiger partial charge on any atom is -0.447 e. The summed E-state index contributed by atoms with van der Waals surface area (Å²) in [4.78, 5) is 11.9. The van der Waals surface area contributed by atoms with Crippen molar-refractivity contribution in [3.63, 3.8) is 0 Å². The highest BCUT2D eigenvalue weighted by Gasteiger charge is 2.17. The van der Waals surface area contributed by atoms with Crippen LogP contribution in [0, 0.1) is 0 Å². The van der Waals surface area contributed by atoms with Crippen molar-refractivity contribution >= 4 is 6.09 Å². The average molecular weight is 269 g/mol. The van der Waals surface area contributed by atoms with Gasteiger partial charge in [-0.05, 0) is 25.0 Å². The lowest BCUT2D eigenvalue weighted by Crippen LogP contribution is -2.31. The first-order valence-corrected chi connectivity index (χ1v) is 6.74. The third-order valence-corrected chi connectivity index (χ3v) is 2.87. The minimum atomic E-state index is -0.405. The molecule has 3 nitrogen and oxygen atoms in total. The number of rotatable bonds is 4. The number of amides is 1. The number of ether oxygens (including phenoxy) is 1. The first-order valence-electron chi connectivity index (χ1n) is 6.74. The van der Waals surface area contributed by atoms with E-state index in [0.717, 1.165) is 11.1 Å². The summed E-state index contributed by atoms with van der Waals surface area (Å²) in [6.45, 7) is 3.67. The fourth-order valence-electron chi connectivity index (χ4n) is 2.02. The van der Waals surface area contributed by atoms with E-state index in [9.17, 15) is 4.79 Å². The number of carbonyl (C=O) groups excluding carboxylic acids is 1. The Balaban J connectivity index is 2.24. The van der Waals surface area contributed by atoms with Gasteiger partial charge in [-0.1, -0.05) is 60.7 Å². The SMILES string of the molecule is CC(C)OC(=O)NC(c1ccccc1)c1ccccc1. The molecule has 0 aliphatic rings. The Morgan fingerprint density at radius 1 is 0.900 bits per heavy atom. The zero-order valence-corrected chi connectivity index (χ0v) is 11.7. The van der Waals surface area contributed by atoms with E-state index in [-0.39, 0.29) is 12.1 Å². The third-order valence-electron chi connectivity index (χ3n) is 2.87. The maximum absolute atomic E-state index is 11.9. The molecular weight excluding hydrogens is 250 g/mol. The average Bonchev–Trinajstić information content (AvgIpc) is 2.46. The van der Waals surface area contributed by atoms with Crippen LogP contribution in [0.4, 0.5) is 4.79 Å². The zero-order chi connectivity index (χ0) is 14.4. The molecule has 0 aliphatic heterocycles. The maximum atomic E-state index is 11.9. The molecular formula is C17H19NO2. The Bertz CT molecular complexity index is 498. The molecule has 3 heteroatoms. The molecule has 0 heterocycles. The number of nitrogens with one attached hydrogen (secondary N) is 1. The van der Waals surface area contributed by atoms with Crippen LogP contribution >= 0.6 is 0 Å². The summed E-state index contributed by atoms with van der Waals surface area (Å²) < 4.78 is 5.17. The first-order chi connectivity index (χ1) is 9.66. The van der Waals surface area contributed by atoms with Crippen molar-refractivity contribution in [2.75, 3.05) is 0 Å². The predicted molar refractivity (Wildman–Crippen MR) is 79.5 cm³/mol. The highest BCUT2D eigenvalue weighted by molar-refractivity contribution is 5.69. The Morgan fingerprint density at radius 2 is 1.35 bits per heavy atom. The molecule has 104 valence electrons. The van der Waals surface area contributed by atoms with Gasteiger partial charge in [-0.15, -0.1) is 0 Å². The van der Waals surface area contributed by atoms with Crippen LogP contribution in [-0.2, 0) is 4.74 Å². The number of alkyl carbamates (subject to hydrolysis) is 1. The van der Waals surface area contributed by atoms with Gasteiger partial charge in [-0.2, -0.15) is 0 Å². The van der Waals surface area contributed by atoms with Gasteiger partial charge in [0.2, 0.25) is 0 Å². The normalized spacial score (nSPS) is 10.6. The largest absolute Gasteiger partial charge is 0.447 e. The number of benzene rings is 2. The molecule has 0 bridgehead atoms. The highest BCUT2D eigenvalue weighted by atomic mass is 16.6. The van der Waals surface area contributed by atoms with Crippen LogP contribution in [0.5, 0.6) is 0 Å². The molecule has 0 fully saturated rings. The first kappa shape index (κ1) is 14.1. The van der Waals surface area contributed by atoms with Crippen LogP contribution < -0.4 is 5.32 Å². The lowest BCUT2D eigenvalue weighted by molar-refractivity contribution is 0.113. The molecule has 0 spiro atoms. The van der Waals surface area contributed by atoms with Gasteiger partial charge in [0.05, 0.1) is 12.1 Å². The van der Waals surface area contributed by atoms with E-state index >= 15 is 0 Å². The molecule has 0 saturated carbocycles. The molecule has 2 rings (SSSR count). The molecule has 20 heavy (non-hydrogen) atoms. The van der Waals surface area contributed by atoms with Gasteiger partial charge in [-0.25, -0.2) is 4.79 Å². The summed E-state index contributed by atoms with van der Waals surface area (Å²) in [6, 6.07) is 19.5. The van der Waals surface area contributed by atoms with Gasteiger partial charge in [0.25, 0.3) is 0 Å². The molecule has 0 atom stereocenters. The topological polar surface area (TPSA) is 38.3 Å². The Labute approximate surface area is 119 Å². The molecule has 2 aromatic carbocycles. The summed E-state index contributed by atoms with van der Waals surface area (Å²) >= 11 is 0. The zero-order valence-electron chi connectivity index (χ0n) is 11.7. The van der Waals surface area contributed by atoms with Crippen LogP contribution in [0.2, 0.25) is 0 Å². The van der Waals surface area contributed by atoms with Crippen molar-refractivity contribution in [3.8, 4) is 0 Å². The molecule has 2 aromatic rings. The van der Waals surface area contributed by atoms with Crippen LogP contribution in [0.15, 0.2) is 60.7 Å². The van der Waals surface area contributed by atoms with Crippen LogP contribution in [-0.4, -0.2) is 12.2 Å². The van der Waals surface area contributed by atoms with Crippen LogP contribution in [0.3, 0.4) is 0 Å². The van der Waals surface area contributed by atoms with E-state index in [2.05, 4.69) is 5.32 Å². The van der Waals surface area contributed by atoms with Crippen LogP contribution in [0.25, 0.3) is 0 Å². The summed E-state index contributed by atoms with van der Waals surface area (Å²) in [5.41, 5.74) is 2.05. The summed E-state index contributed by atoms with van der Waals surface area (Å²) in [5, 5.41) is 2.92. The standard InChI is InChI=1S/C17H19NO2/c1-13(2)20-17(19)18-16(14-9-5-3-6-10-14)15-11-7-4-8-12-15/h3-13,16H,1-2H3,(H,18,19). The Hall–Kier alpha value is -2.29. The number of hydrogen-bond acceptors (Lipinski definition) is 2. The van der Waals surface area contributed by atoms with Crippen molar-refractivity contribution in [3.05, 3.63) is 71.8 Å². The third kappa shape index (κ3) is 3.85. The van der Waals surface area contributed by atoms with Crippen molar-refractivity contribution in [1.82, 2.24) is 5.32 Å². The van der Waals surface area contributed by atoms with Crippen LogP contribution in [0.1, 0.15) is 31.0 Å². The van der Waals surface area contributed by atoms with Gasteiger partial charge in [0, 0.05) is 0 Å². The second kappa shape index (κ2) is 6.75. The molecule has 0 saturated heterocycles. The van der Waals surface area contributed by atoms with Gasteiger partial charge in [0.15, 0.2) is 0 Å². The van der Waals surface area contributed by atoms with Crippen molar-refractivity contribution in [2.24, 2.45) is 0 Å².